The summed E-state index contributed by atoms with van der Waals surface area (Å²) >= 11 is 0. The van der Waals surface area contributed by atoms with E-state index in [2.05, 4.69) is 0 Å². The second kappa shape index (κ2) is 9.12. The standard InChI is InChI=1S/C26H31N3O4/c1-2-33-26(32)17-9-8-14-28(15-17)24(30)22-19-12-6-7-13-21(19)27-23-20(22)16-29(25(23)31)18-10-4-3-5-11-18/h6-7,12-13,17-18H,2-5,8-11,14-16H2,1H3. The Bertz CT molecular complexity index is 1090. The maximum Gasteiger partial charge on any atom is 0.310 e. The van der Waals surface area contributed by atoms with Crippen molar-refractivity contribution in [1.29, 1.82) is 0 Å². The van der Waals surface area contributed by atoms with Crippen LogP contribution in [-0.4, -0.2) is 58.3 Å². The Morgan fingerprint density at radius 2 is 1.88 bits per heavy atom. The van der Waals surface area contributed by atoms with Gasteiger partial charge in [0, 0.05) is 36.6 Å². The predicted molar refractivity (Wildman–Crippen MR) is 124 cm³/mol. The van der Waals surface area contributed by atoms with Crippen LogP contribution in [0.1, 0.15) is 78.3 Å². The summed E-state index contributed by atoms with van der Waals surface area (Å²) in [6, 6.07) is 7.78. The summed E-state index contributed by atoms with van der Waals surface area (Å²) < 4.78 is 5.22. The lowest BCUT2D eigenvalue weighted by molar-refractivity contribution is -0.149. The van der Waals surface area contributed by atoms with Crippen LogP contribution >= 0.6 is 0 Å². The van der Waals surface area contributed by atoms with E-state index in [4.69, 9.17) is 9.72 Å². The molecule has 1 saturated carbocycles. The molecule has 1 saturated heterocycles. The Morgan fingerprint density at radius 1 is 1.09 bits per heavy atom. The molecule has 7 heteroatoms. The van der Waals surface area contributed by atoms with Crippen LogP contribution in [0.25, 0.3) is 10.9 Å². The summed E-state index contributed by atoms with van der Waals surface area (Å²) in [6.45, 7) is 3.52. The number of rotatable bonds is 4. The van der Waals surface area contributed by atoms with E-state index >= 15 is 0 Å². The summed E-state index contributed by atoms with van der Waals surface area (Å²) in [6.07, 6.45) is 6.99. The van der Waals surface area contributed by atoms with Crippen LogP contribution in [-0.2, 0) is 16.1 Å². The Balaban J connectivity index is 1.51. The molecular formula is C26H31N3O4. The number of amides is 2. The summed E-state index contributed by atoms with van der Waals surface area (Å²) in [5, 5.41) is 0.776. The first-order valence-electron chi connectivity index (χ1n) is 12.3. The highest BCUT2D eigenvalue weighted by atomic mass is 16.5. The zero-order valence-electron chi connectivity index (χ0n) is 19.2. The van der Waals surface area contributed by atoms with Crippen LogP contribution < -0.4 is 0 Å². The van der Waals surface area contributed by atoms with Gasteiger partial charge < -0.3 is 14.5 Å². The van der Waals surface area contributed by atoms with Gasteiger partial charge in [-0.3, -0.25) is 14.4 Å². The molecule has 2 fully saturated rings. The molecule has 2 amide bonds. The lowest BCUT2D eigenvalue weighted by Crippen LogP contribution is -2.43. The van der Waals surface area contributed by atoms with Gasteiger partial charge in [-0.15, -0.1) is 0 Å². The van der Waals surface area contributed by atoms with E-state index in [9.17, 15) is 14.4 Å². The number of benzene rings is 1. The van der Waals surface area contributed by atoms with Gasteiger partial charge in [0.25, 0.3) is 11.8 Å². The molecular weight excluding hydrogens is 418 g/mol. The molecule has 174 valence electrons. The number of fused-ring (bicyclic) bond motifs is 2. The first kappa shape index (κ1) is 21.9. The Kier molecular flexibility index (Phi) is 6.04. The van der Waals surface area contributed by atoms with Gasteiger partial charge in [0.05, 0.1) is 23.6 Å². The molecule has 1 aromatic heterocycles. The van der Waals surface area contributed by atoms with Crippen LogP contribution in [0.5, 0.6) is 0 Å². The van der Waals surface area contributed by atoms with Crippen molar-refractivity contribution in [3.8, 4) is 0 Å². The molecule has 1 aliphatic carbocycles. The first-order chi connectivity index (χ1) is 16.1. The van der Waals surface area contributed by atoms with E-state index in [1.165, 1.54) is 6.42 Å². The quantitative estimate of drug-likeness (QED) is 0.661. The molecule has 0 radical (unpaired) electrons. The second-order valence-electron chi connectivity index (χ2n) is 9.40. The lowest BCUT2D eigenvalue weighted by atomic mass is 9.94. The van der Waals surface area contributed by atoms with Crippen LogP contribution in [0.4, 0.5) is 0 Å². The average molecular weight is 450 g/mol. The number of ether oxygens (including phenoxy) is 1. The molecule has 7 nitrogen and oxygen atoms in total. The Morgan fingerprint density at radius 3 is 2.67 bits per heavy atom. The van der Waals surface area contributed by atoms with E-state index < -0.39 is 0 Å². The van der Waals surface area contributed by atoms with Crippen molar-refractivity contribution in [3.63, 3.8) is 0 Å². The van der Waals surface area contributed by atoms with Crippen molar-refractivity contribution in [2.24, 2.45) is 5.92 Å². The minimum Gasteiger partial charge on any atom is -0.466 e. The third-order valence-electron chi connectivity index (χ3n) is 7.34. The number of carbonyl (C=O) groups is 3. The highest BCUT2D eigenvalue weighted by Crippen LogP contribution is 2.35. The SMILES string of the molecule is CCOC(=O)C1CCCN(C(=O)c2c3c(nc4ccccc24)C(=O)N(C2CCCCC2)C3)C1. The van der Waals surface area contributed by atoms with Gasteiger partial charge in [-0.05, 0) is 38.7 Å². The van der Waals surface area contributed by atoms with Crippen LogP contribution in [0.3, 0.4) is 0 Å². The topological polar surface area (TPSA) is 79.8 Å². The van der Waals surface area contributed by atoms with Gasteiger partial charge in [0.1, 0.15) is 5.69 Å². The molecule has 2 aromatic rings. The van der Waals surface area contributed by atoms with Crippen molar-refractivity contribution in [3.05, 3.63) is 41.1 Å². The molecule has 0 spiro atoms. The van der Waals surface area contributed by atoms with Crippen LogP contribution in [0.15, 0.2) is 24.3 Å². The number of likely N-dealkylation sites (tertiary alicyclic amines) is 1. The normalized spacial score (nSPS) is 21.4. The molecule has 3 aliphatic rings. The summed E-state index contributed by atoms with van der Waals surface area (Å²) in [7, 11) is 0. The largest absolute Gasteiger partial charge is 0.466 e. The third kappa shape index (κ3) is 3.98. The fraction of sp³-hybridized carbons (Fsp3) is 0.538. The average Bonchev–Trinajstić information content (AvgIpc) is 3.18. The van der Waals surface area contributed by atoms with Crippen molar-refractivity contribution in [2.45, 2.75) is 64.5 Å². The zero-order valence-corrected chi connectivity index (χ0v) is 19.2. The van der Waals surface area contributed by atoms with Crippen molar-refractivity contribution < 1.29 is 19.1 Å². The number of para-hydroxylation sites is 1. The fourth-order valence-electron chi connectivity index (χ4n) is 5.66. The smallest absolute Gasteiger partial charge is 0.310 e. The molecule has 3 heterocycles. The molecule has 1 unspecified atom stereocenters. The molecule has 0 bridgehead atoms. The summed E-state index contributed by atoms with van der Waals surface area (Å²) in [5.74, 6) is -0.709. The minimum absolute atomic E-state index is 0.0558. The number of esters is 1. The lowest BCUT2D eigenvalue weighted by Gasteiger charge is -2.32. The summed E-state index contributed by atoms with van der Waals surface area (Å²) in [4.78, 5) is 48.0. The van der Waals surface area contributed by atoms with E-state index in [1.54, 1.807) is 11.8 Å². The van der Waals surface area contributed by atoms with Crippen molar-refractivity contribution in [2.75, 3.05) is 19.7 Å². The molecule has 0 N–H and O–H groups in total. The zero-order chi connectivity index (χ0) is 22.9. The molecule has 2 aliphatic heterocycles. The van der Waals surface area contributed by atoms with Crippen molar-refractivity contribution >= 4 is 28.7 Å². The van der Waals surface area contributed by atoms with Gasteiger partial charge in [0.15, 0.2) is 0 Å². The molecule has 1 aromatic carbocycles. The molecule has 33 heavy (non-hydrogen) atoms. The van der Waals surface area contributed by atoms with Crippen molar-refractivity contribution in [1.82, 2.24) is 14.8 Å². The summed E-state index contributed by atoms with van der Waals surface area (Å²) in [5.41, 5.74) is 2.40. The number of hydrogen-bond donors (Lipinski definition) is 0. The van der Waals surface area contributed by atoms with Gasteiger partial charge >= 0.3 is 5.97 Å². The number of nitrogens with zero attached hydrogens (tertiary/aromatic N) is 3. The Labute approximate surface area is 194 Å². The Hall–Kier alpha value is -2.96. The number of pyridine rings is 1. The minimum atomic E-state index is -0.302. The highest BCUT2D eigenvalue weighted by molar-refractivity contribution is 6.12. The number of hydrogen-bond acceptors (Lipinski definition) is 5. The maximum atomic E-state index is 13.9. The van der Waals surface area contributed by atoms with E-state index in [0.717, 1.165) is 49.5 Å². The molecule has 5 rings (SSSR count). The number of piperidine rings is 1. The maximum absolute atomic E-state index is 13.9. The predicted octanol–water partition coefficient (Wildman–Crippen LogP) is 3.94. The number of aromatic nitrogens is 1. The van der Waals surface area contributed by atoms with Gasteiger partial charge in [0.2, 0.25) is 0 Å². The number of carbonyl (C=O) groups excluding carboxylic acids is 3. The van der Waals surface area contributed by atoms with Gasteiger partial charge in [-0.25, -0.2) is 4.98 Å². The third-order valence-corrected chi connectivity index (χ3v) is 7.34. The van der Waals surface area contributed by atoms with E-state index in [0.29, 0.717) is 43.0 Å². The fourth-order valence-corrected chi connectivity index (χ4v) is 5.66. The monoisotopic (exact) mass is 449 g/mol. The van der Waals surface area contributed by atoms with E-state index in [-0.39, 0.29) is 29.7 Å². The highest BCUT2D eigenvalue weighted by Gasteiger charge is 2.39. The van der Waals surface area contributed by atoms with Crippen LogP contribution in [0, 0.1) is 5.92 Å². The van der Waals surface area contributed by atoms with Gasteiger partial charge in [-0.1, -0.05) is 37.5 Å². The second-order valence-corrected chi connectivity index (χ2v) is 9.40. The van der Waals surface area contributed by atoms with E-state index in [1.807, 2.05) is 29.2 Å². The molecule has 1 atom stereocenters. The van der Waals surface area contributed by atoms with Gasteiger partial charge in [-0.2, -0.15) is 0 Å². The van der Waals surface area contributed by atoms with Crippen LogP contribution in [0.2, 0.25) is 0 Å². The first-order valence-corrected chi connectivity index (χ1v) is 12.3.